The Balaban J connectivity index is 1.89. The molecule has 0 saturated carbocycles. The van der Waals surface area contributed by atoms with E-state index in [1.807, 2.05) is 0 Å². The molecule has 2 aromatic rings. The van der Waals surface area contributed by atoms with Gasteiger partial charge in [-0.25, -0.2) is 9.29 Å². The summed E-state index contributed by atoms with van der Waals surface area (Å²) in [5.74, 6) is -2.28. The summed E-state index contributed by atoms with van der Waals surface area (Å²) in [6, 6.07) is 8.06. The van der Waals surface area contributed by atoms with Gasteiger partial charge in [-0.3, -0.25) is 9.59 Å². The molecular formula is C21H16Cl2FNO4. The number of halogens is 3. The lowest BCUT2D eigenvalue weighted by molar-refractivity contribution is -0.122. The molecule has 0 radical (unpaired) electrons. The number of amides is 2. The van der Waals surface area contributed by atoms with Crippen molar-refractivity contribution in [2.45, 2.75) is 28.7 Å². The number of carbonyl (C=O) groups is 2. The maximum atomic E-state index is 13.5. The summed E-state index contributed by atoms with van der Waals surface area (Å²) in [5.41, 5.74) is 0.752. The van der Waals surface area contributed by atoms with E-state index in [0.717, 1.165) is 17.0 Å². The maximum Gasteiger partial charge on any atom is 0.258 e. The van der Waals surface area contributed by atoms with Gasteiger partial charge in [-0.2, -0.15) is 0 Å². The van der Waals surface area contributed by atoms with Crippen molar-refractivity contribution in [3.8, 4) is 0 Å². The minimum atomic E-state index is -1.90. The van der Waals surface area contributed by atoms with Crippen LogP contribution in [0.1, 0.15) is 23.9 Å². The van der Waals surface area contributed by atoms with E-state index in [0.29, 0.717) is 5.57 Å². The first-order valence-corrected chi connectivity index (χ1v) is 9.58. The first kappa shape index (κ1) is 19.9. The zero-order chi connectivity index (χ0) is 21.0. The number of alkyl halides is 2. The third-order valence-corrected chi connectivity index (χ3v) is 6.84. The molecule has 1 N–H and O–H groups in total. The van der Waals surface area contributed by atoms with Crippen LogP contribution < -0.4 is 4.90 Å². The van der Waals surface area contributed by atoms with Crippen molar-refractivity contribution < 1.29 is 23.5 Å². The number of furan rings is 1. The third kappa shape index (κ3) is 2.63. The third-order valence-electron chi connectivity index (χ3n) is 5.43. The monoisotopic (exact) mass is 435 g/mol. The molecular weight excluding hydrogens is 420 g/mol. The molecule has 1 aliphatic carbocycles. The van der Waals surface area contributed by atoms with Crippen LogP contribution in [0.4, 0.5) is 10.1 Å². The predicted octanol–water partition coefficient (Wildman–Crippen LogP) is 4.04. The fraction of sp³-hybridized carbons (Fsp3) is 0.238. The number of imide groups is 1. The van der Waals surface area contributed by atoms with Gasteiger partial charge in [0.15, 0.2) is 9.75 Å². The molecule has 1 saturated heterocycles. The van der Waals surface area contributed by atoms with Crippen LogP contribution in [0.3, 0.4) is 0 Å². The Bertz CT molecular complexity index is 1050. The highest BCUT2D eigenvalue weighted by atomic mass is 35.5. The van der Waals surface area contributed by atoms with Crippen LogP contribution >= 0.6 is 23.2 Å². The number of hydrogen-bond acceptors (Lipinski definition) is 4. The van der Waals surface area contributed by atoms with E-state index in [2.05, 4.69) is 6.58 Å². The number of carbonyl (C=O) groups excluding carboxylic acids is 2. The molecule has 3 unspecified atom stereocenters. The van der Waals surface area contributed by atoms with Gasteiger partial charge in [-0.15, -0.1) is 23.2 Å². The molecule has 1 aliphatic heterocycles. The minimum Gasteiger partial charge on any atom is -0.463 e. The lowest BCUT2D eigenvalue weighted by atomic mass is 9.70. The standard InChI is InChI=1S/C21H16Cl2FNO4/c1-2-12-9-10-20(22)18(27)25(14-5-3-13(24)4-6-14)19(28)21(20,23)17(12)16-8-7-15(11-26)29-16/h2-9,17,26H,1,10-11H2. The van der Waals surface area contributed by atoms with Gasteiger partial charge >= 0.3 is 0 Å². The number of anilines is 1. The fourth-order valence-corrected chi connectivity index (χ4v) is 4.80. The number of fused-ring (bicyclic) bond motifs is 1. The van der Waals surface area contributed by atoms with Crippen molar-refractivity contribution in [2.75, 3.05) is 4.90 Å². The van der Waals surface area contributed by atoms with Gasteiger partial charge in [0.25, 0.3) is 11.8 Å². The second-order valence-electron chi connectivity index (χ2n) is 6.94. The van der Waals surface area contributed by atoms with E-state index in [9.17, 15) is 19.1 Å². The number of benzene rings is 1. The molecule has 150 valence electrons. The Labute approximate surface area is 176 Å². The van der Waals surface area contributed by atoms with Gasteiger partial charge in [-0.05, 0) is 48.4 Å². The average Bonchev–Trinajstić information content (AvgIpc) is 3.24. The molecule has 1 aromatic carbocycles. The molecule has 8 heteroatoms. The predicted molar refractivity (Wildman–Crippen MR) is 106 cm³/mol. The summed E-state index contributed by atoms with van der Waals surface area (Å²) in [4.78, 5) is 24.0. The highest BCUT2D eigenvalue weighted by molar-refractivity contribution is 6.58. The number of rotatable bonds is 4. The summed E-state index contributed by atoms with van der Waals surface area (Å²) < 4.78 is 19.0. The van der Waals surface area contributed by atoms with E-state index < -0.39 is 33.3 Å². The van der Waals surface area contributed by atoms with Gasteiger partial charge < -0.3 is 9.52 Å². The van der Waals surface area contributed by atoms with Gasteiger partial charge in [0.2, 0.25) is 0 Å². The number of hydrogen-bond donors (Lipinski definition) is 1. The second-order valence-corrected chi connectivity index (χ2v) is 8.18. The molecule has 4 rings (SSSR count). The maximum absolute atomic E-state index is 13.5. The lowest BCUT2D eigenvalue weighted by Crippen LogP contribution is -2.54. The van der Waals surface area contributed by atoms with Gasteiger partial charge in [-0.1, -0.05) is 18.7 Å². The quantitative estimate of drug-likeness (QED) is 0.580. The van der Waals surface area contributed by atoms with Crippen LogP contribution in [0, 0.1) is 5.82 Å². The van der Waals surface area contributed by atoms with Crippen molar-refractivity contribution >= 4 is 40.7 Å². The summed E-state index contributed by atoms with van der Waals surface area (Å²) >= 11 is 13.7. The summed E-state index contributed by atoms with van der Waals surface area (Å²) in [6.07, 6.45) is 3.24. The van der Waals surface area contributed by atoms with Crippen molar-refractivity contribution in [1.82, 2.24) is 0 Å². The zero-order valence-corrected chi connectivity index (χ0v) is 16.6. The smallest absolute Gasteiger partial charge is 0.258 e. The van der Waals surface area contributed by atoms with Gasteiger partial charge in [0.1, 0.15) is 23.9 Å². The van der Waals surface area contributed by atoms with Crippen LogP contribution in [0.2, 0.25) is 0 Å². The highest BCUT2D eigenvalue weighted by Crippen LogP contribution is 2.59. The number of aliphatic hydroxyl groups is 1. The SMILES string of the molecule is C=CC1=CCC2(Cl)C(=O)N(c3ccc(F)cc3)C(=O)C2(Cl)C1c1ccc(CO)o1. The average molecular weight is 436 g/mol. The molecule has 0 bridgehead atoms. The van der Waals surface area contributed by atoms with Crippen LogP contribution in [0.5, 0.6) is 0 Å². The van der Waals surface area contributed by atoms with Gasteiger partial charge in [0.05, 0.1) is 11.6 Å². The summed E-state index contributed by atoms with van der Waals surface area (Å²) in [6.45, 7) is 3.44. The molecule has 2 heterocycles. The Kier molecular flexibility index (Phi) is 4.69. The molecule has 2 amide bonds. The Morgan fingerprint density at radius 3 is 2.48 bits per heavy atom. The minimum absolute atomic E-state index is 0.00570. The molecule has 1 aromatic heterocycles. The molecule has 29 heavy (non-hydrogen) atoms. The van der Waals surface area contributed by atoms with Crippen molar-refractivity contribution in [1.29, 1.82) is 0 Å². The van der Waals surface area contributed by atoms with E-state index in [1.54, 1.807) is 18.2 Å². The zero-order valence-electron chi connectivity index (χ0n) is 15.1. The van der Waals surface area contributed by atoms with Crippen LogP contribution in [0.25, 0.3) is 0 Å². The fourth-order valence-electron chi connectivity index (χ4n) is 3.97. The first-order chi connectivity index (χ1) is 13.8. The molecule has 3 atom stereocenters. The van der Waals surface area contributed by atoms with E-state index in [4.69, 9.17) is 27.6 Å². The molecule has 2 aliphatic rings. The van der Waals surface area contributed by atoms with E-state index in [1.165, 1.54) is 18.2 Å². The number of nitrogens with zero attached hydrogens (tertiary/aromatic N) is 1. The Hall–Kier alpha value is -2.41. The summed E-state index contributed by atoms with van der Waals surface area (Å²) in [7, 11) is 0. The number of allylic oxidation sites excluding steroid dienone is 3. The molecule has 0 spiro atoms. The van der Waals surface area contributed by atoms with E-state index in [-0.39, 0.29) is 30.2 Å². The first-order valence-electron chi connectivity index (χ1n) is 8.82. The topological polar surface area (TPSA) is 70.8 Å². The second kappa shape index (κ2) is 6.83. The van der Waals surface area contributed by atoms with Crippen LogP contribution in [-0.4, -0.2) is 26.7 Å². The molecule has 1 fully saturated rings. The van der Waals surface area contributed by atoms with Crippen molar-refractivity contribution in [3.05, 3.63) is 78.0 Å². The largest absolute Gasteiger partial charge is 0.463 e. The van der Waals surface area contributed by atoms with Crippen LogP contribution in [-0.2, 0) is 16.2 Å². The van der Waals surface area contributed by atoms with Gasteiger partial charge in [0, 0.05) is 0 Å². The Morgan fingerprint density at radius 2 is 1.90 bits per heavy atom. The lowest BCUT2D eigenvalue weighted by Gasteiger charge is -2.41. The van der Waals surface area contributed by atoms with Crippen LogP contribution in [0.15, 0.2) is 65.1 Å². The van der Waals surface area contributed by atoms with Crippen molar-refractivity contribution in [2.24, 2.45) is 0 Å². The highest BCUT2D eigenvalue weighted by Gasteiger charge is 2.73. The normalized spacial score (nSPS) is 29.0. The number of aliphatic hydroxyl groups excluding tert-OH is 1. The van der Waals surface area contributed by atoms with E-state index >= 15 is 0 Å². The van der Waals surface area contributed by atoms with Crippen molar-refractivity contribution in [3.63, 3.8) is 0 Å². The molecule has 5 nitrogen and oxygen atoms in total. The summed E-state index contributed by atoms with van der Waals surface area (Å²) in [5, 5.41) is 9.33. The Morgan fingerprint density at radius 1 is 1.21 bits per heavy atom.